The number of benzene rings is 1. The van der Waals surface area contributed by atoms with Gasteiger partial charge in [-0.15, -0.1) is 11.8 Å². The van der Waals surface area contributed by atoms with Crippen LogP contribution in [0.4, 0.5) is 5.69 Å². The molecular weight excluding hydrogens is 286 g/mol. The molecule has 0 radical (unpaired) electrons. The molecule has 1 aromatic rings. The molecule has 112 valence electrons. The zero-order chi connectivity index (χ0) is 14.8. The van der Waals surface area contributed by atoms with Crippen LogP contribution >= 0.6 is 11.8 Å². The molecule has 0 aliphatic carbocycles. The van der Waals surface area contributed by atoms with Gasteiger partial charge in [-0.05, 0) is 38.1 Å². The highest BCUT2D eigenvalue weighted by atomic mass is 32.2. The second-order valence-corrected chi connectivity index (χ2v) is 6.74. The average Bonchev–Trinajstić information content (AvgIpc) is 2.76. The molecule has 0 bridgehead atoms. The van der Waals surface area contributed by atoms with Gasteiger partial charge in [0, 0.05) is 30.1 Å². The van der Waals surface area contributed by atoms with Crippen LogP contribution in [0.3, 0.4) is 0 Å². The van der Waals surface area contributed by atoms with Crippen LogP contribution in [0.5, 0.6) is 0 Å². The first-order valence-electron chi connectivity index (χ1n) is 7.27. The summed E-state index contributed by atoms with van der Waals surface area (Å²) < 4.78 is 0. The van der Waals surface area contributed by atoms with Gasteiger partial charge >= 0.3 is 0 Å². The van der Waals surface area contributed by atoms with Gasteiger partial charge in [-0.1, -0.05) is 0 Å². The number of carbonyl (C=O) groups excluding carboxylic acids is 2. The fraction of sp³-hybridized carbons (Fsp3) is 0.467. The molecule has 21 heavy (non-hydrogen) atoms. The maximum atomic E-state index is 12.6. The first-order valence-corrected chi connectivity index (χ1v) is 8.14. The van der Waals surface area contributed by atoms with Crippen molar-refractivity contribution in [2.24, 2.45) is 0 Å². The standard InChI is InChI=1S/C15H19N3O2S/c1-10-14(19)17-12-9-11(3-4-13(12)21-10)15(20)18-7-2-5-16-6-8-18/h3-4,9-10,16H,2,5-8H2,1H3,(H,17,19). The fourth-order valence-corrected chi connectivity index (χ4v) is 3.50. The lowest BCUT2D eigenvalue weighted by Gasteiger charge is -2.24. The van der Waals surface area contributed by atoms with Gasteiger partial charge in [-0.3, -0.25) is 9.59 Å². The molecule has 5 nitrogen and oxygen atoms in total. The Bertz CT molecular complexity index is 568. The SMILES string of the molecule is CC1Sc2ccc(C(=O)N3CCCNCC3)cc2NC1=O. The number of fused-ring (bicyclic) bond motifs is 1. The Morgan fingerprint density at radius 1 is 1.33 bits per heavy atom. The maximum absolute atomic E-state index is 12.6. The second kappa shape index (κ2) is 6.07. The molecule has 2 amide bonds. The normalized spacial score (nSPS) is 22.2. The third kappa shape index (κ3) is 3.06. The zero-order valence-corrected chi connectivity index (χ0v) is 12.8. The summed E-state index contributed by atoms with van der Waals surface area (Å²) in [6.07, 6.45) is 0.973. The number of carbonyl (C=O) groups is 2. The maximum Gasteiger partial charge on any atom is 0.253 e. The molecule has 1 unspecified atom stereocenters. The van der Waals surface area contributed by atoms with Gasteiger partial charge in [0.15, 0.2) is 0 Å². The monoisotopic (exact) mass is 305 g/mol. The highest BCUT2D eigenvalue weighted by molar-refractivity contribution is 8.00. The third-order valence-corrected chi connectivity index (χ3v) is 4.96. The summed E-state index contributed by atoms with van der Waals surface area (Å²) in [7, 11) is 0. The number of amides is 2. The molecule has 6 heteroatoms. The van der Waals surface area contributed by atoms with Crippen LogP contribution in [0, 0.1) is 0 Å². The quantitative estimate of drug-likeness (QED) is 0.826. The third-order valence-electron chi connectivity index (χ3n) is 3.78. The molecule has 3 rings (SSSR count). The van der Waals surface area contributed by atoms with E-state index in [1.165, 1.54) is 11.8 Å². The molecule has 0 spiro atoms. The van der Waals surface area contributed by atoms with E-state index in [-0.39, 0.29) is 17.1 Å². The largest absolute Gasteiger partial charge is 0.337 e. The highest BCUT2D eigenvalue weighted by Gasteiger charge is 2.25. The minimum Gasteiger partial charge on any atom is -0.337 e. The van der Waals surface area contributed by atoms with Crippen molar-refractivity contribution in [3.63, 3.8) is 0 Å². The van der Waals surface area contributed by atoms with Crippen LogP contribution in [-0.2, 0) is 4.79 Å². The van der Waals surface area contributed by atoms with Crippen molar-refractivity contribution in [3.8, 4) is 0 Å². The van der Waals surface area contributed by atoms with Gasteiger partial charge in [0.05, 0.1) is 10.9 Å². The van der Waals surface area contributed by atoms with Gasteiger partial charge in [0.2, 0.25) is 5.91 Å². The lowest BCUT2D eigenvalue weighted by atomic mass is 10.1. The number of hydrogen-bond donors (Lipinski definition) is 2. The minimum atomic E-state index is -0.0873. The number of thioether (sulfide) groups is 1. The van der Waals surface area contributed by atoms with E-state index in [9.17, 15) is 9.59 Å². The molecule has 2 N–H and O–H groups in total. The first-order chi connectivity index (χ1) is 10.1. The summed E-state index contributed by atoms with van der Waals surface area (Å²) >= 11 is 1.53. The molecule has 1 atom stereocenters. The van der Waals surface area contributed by atoms with E-state index < -0.39 is 0 Å². The van der Waals surface area contributed by atoms with Gasteiger partial charge < -0.3 is 15.5 Å². The van der Waals surface area contributed by atoms with E-state index in [0.29, 0.717) is 5.56 Å². The summed E-state index contributed by atoms with van der Waals surface area (Å²) in [4.78, 5) is 27.2. The van der Waals surface area contributed by atoms with Crippen LogP contribution < -0.4 is 10.6 Å². The number of rotatable bonds is 1. The molecule has 2 heterocycles. The Kier molecular flexibility index (Phi) is 4.17. The predicted octanol–water partition coefficient (Wildman–Crippen LogP) is 1.55. The number of hydrogen-bond acceptors (Lipinski definition) is 4. The van der Waals surface area contributed by atoms with Crippen LogP contribution in [0.15, 0.2) is 23.1 Å². The van der Waals surface area contributed by atoms with E-state index in [1.807, 2.05) is 24.0 Å². The van der Waals surface area contributed by atoms with Crippen LogP contribution in [0.25, 0.3) is 0 Å². The van der Waals surface area contributed by atoms with Crippen molar-refractivity contribution in [1.82, 2.24) is 10.2 Å². The number of nitrogens with one attached hydrogen (secondary N) is 2. The van der Waals surface area contributed by atoms with Crippen molar-refractivity contribution in [2.75, 3.05) is 31.5 Å². The molecule has 1 saturated heterocycles. The van der Waals surface area contributed by atoms with E-state index in [0.717, 1.165) is 43.2 Å². The second-order valence-electron chi connectivity index (χ2n) is 5.36. The molecule has 1 aromatic carbocycles. The van der Waals surface area contributed by atoms with Crippen LogP contribution in [0.2, 0.25) is 0 Å². The molecule has 0 saturated carbocycles. The lowest BCUT2D eigenvalue weighted by Crippen LogP contribution is -2.34. The number of nitrogens with zero attached hydrogens (tertiary/aromatic N) is 1. The lowest BCUT2D eigenvalue weighted by molar-refractivity contribution is -0.115. The van der Waals surface area contributed by atoms with Crippen LogP contribution in [0.1, 0.15) is 23.7 Å². The number of anilines is 1. The van der Waals surface area contributed by atoms with Crippen molar-refractivity contribution >= 4 is 29.3 Å². The summed E-state index contributed by atoms with van der Waals surface area (Å²) in [6, 6.07) is 5.59. The fourth-order valence-electron chi connectivity index (χ4n) is 2.57. The van der Waals surface area contributed by atoms with Gasteiger partial charge in [0.25, 0.3) is 5.91 Å². The smallest absolute Gasteiger partial charge is 0.253 e. The van der Waals surface area contributed by atoms with Gasteiger partial charge in [0.1, 0.15) is 0 Å². The summed E-state index contributed by atoms with van der Waals surface area (Å²) in [5.74, 6) is 0.0374. The van der Waals surface area contributed by atoms with E-state index in [4.69, 9.17) is 0 Å². The topological polar surface area (TPSA) is 61.4 Å². The minimum absolute atomic E-state index is 0.00364. The zero-order valence-electron chi connectivity index (χ0n) is 12.0. The van der Waals surface area contributed by atoms with Crippen molar-refractivity contribution in [3.05, 3.63) is 23.8 Å². The van der Waals surface area contributed by atoms with E-state index in [2.05, 4.69) is 10.6 Å². The Labute approximate surface area is 128 Å². The summed E-state index contributed by atoms with van der Waals surface area (Å²) in [6.45, 7) is 5.18. The summed E-state index contributed by atoms with van der Waals surface area (Å²) in [5, 5.41) is 6.08. The van der Waals surface area contributed by atoms with E-state index in [1.54, 1.807) is 6.07 Å². The molecule has 2 aliphatic rings. The van der Waals surface area contributed by atoms with Crippen molar-refractivity contribution in [2.45, 2.75) is 23.5 Å². The molecule has 1 fully saturated rings. The van der Waals surface area contributed by atoms with Crippen molar-refractivity contribution < 1.29 is 9.59 Å². The first kappa shape index (κ1) is 14.4. The Morgan fingerprint density at radius 3 is 3.05 bits per heavy atom. The van der Waals surface area contributed by atoms with Crippen LogP contribution in [-0.4, -0.2) is 48.1 Å². The Hall–Kier alpha value is -1.53. The molecular formula is C15H19N3O2S. The van der Waals surface area contributed by atoms with Gasteiger partial charge in [-0.2, -0.15) is 0 Å². The molecule has 0 aromatic heterocycles. The Balaban J connectivity index is 1.81. The molecule has 2 aliphatic heterocycles. The van der Waals surface area contributed by atoms with Gasteiger partial charge in [-0.25, -0.2) is 0 Å². The average molecular weight is 305 g/mol. The Morgan fingerprint density at radius 2 is 2.19 bits per heavy atom. The summed E-state index contributed by atoms with van der Waals surface area (Å²) in [5.41, 5.74) is 1.40. The predicted molar refractivity (Wildman–Crippen MR) is 83.8 cm³/mol. The highest BCUT2D eigenvalue weighted by Crippen LogP contribution is 2.36. The van der Waals surface area contributed by atoms with E-state index >= 15 is 0 Å². The van der Waals surface area contributed by atoms with Crippen molar-refractivity contribution in [1.29, 1.82) is 0 Å².